The summed E-state index contributed by atoms with van der Waals surface area (Å²) in [6.07, 6.45) is 0. The Labute approximate surface area is 352 Å². The molecule has 0 aliphatic heterocycles. The summed E-state index contributed by atoms with van der Waals surface area (Å²) in [5, 5.41) is 16.0. The number of para-hydroxylation sites is 2. The standard InChI is InChI=1S/C56H32N4S/c1-2-15-35(16-3-1)59-45-24-12-10-21-40(45)41-28-26-34(32-48(41)59)53-55-54(44-23-11-13-25-49(44)61-55)58-56(57-53)60-46-30-27-33-14-4-5-17-36(33)51(46)52-47(60)31-29-43-39-20-7-6-18-37(39)38-19-8-9-22-42(38)50(43)52/h1-32H. The van der Waals surface area contributed by atoms with Crippen molar-refractivity contribution >= 4 is 118 Å². The molecule has 0 amide bonds. The van der Waals surface area contributed by atoms with Crippen molar-refractivity contribution in [2.45, 2.75) is 0 Å². The van der Waals surface area contributed by atoms with Crippen LogP contribution in [0.25, 0.3) is 130 Å². The summed E-state index contributed by atoms with van der Waals surface area (Å²) in [7, 11) is 0. The Kier molecular flexibility index (Phi) is 6.68. The molecule has 14 rings (SSSR count). The van der Waals surface area contributed by atoms with Gasteiger partial charge in [0.2, 0.25) is 5.95 Å². The Hall–Kier alpha value is -7.86. The molecule has 4 aromatic heterocycles. The first kappa shape index (κ1) is 33.0. The van der Waals surface area contributed by atoms with Crippen molar-refractivity contribution in [3.63, 3.8) is 0 Å². The van der Waals surface area contributed by atoms with E-state index in [1.165, 1.54) is 74.9 Å². The van der Waals surface area contributed by atoms with Crippen LogP contribution in [-0.2, 0) is 0 Å². The SMILES string of the molecule is c1ccc(-n2c3ccccc3c3ccc(-c4nc(-n5c6ccc7ccccc7c6c6c7c8ccccc8c8ccccc8c7ccc65)nc5c4sc4ccccc45)cc32)cc1. The molecule has 0 aliphatic carbocycles. The largest absolute Gasteiger partial charge is 0.309 e. The molecule has 61 heavy (non-hydrogen) atoms. The summed E-state index contributed by atoms with van der Waals surface area (Å²) in [5.74, 6) is 0.662. The van der Waals surface area contributed by atoms with E-state index in [0.29, 0.717) is 5.95 Å². The third-order valence-corrected chi connectivity index (χ3v) is 14.1. The quantitative estimate of drug-likeness (QED) is 0.167. The van der Waals surface area contributed by atoms with Crippen molar-refractivity contribution < 1.29 is 0 Å². The van der Waals surface area contributed by atoms with E-state index in [4.69, 9.17) is 9.97 Å². The minimum atomic E-state index is 0.662. The Morgan fingerprint density at radius 3 is 1.77 bits per heavy atom. The highest BCUT2D eigenvalue weighted by Crippen LogP contribution is 2.46. The molecule has 0 spiro atoms. The lowest BCUT2D eigenvalue weighted by atomic mass is 9.91. The van der Waals surface area contributed by atoms with Gasteiger partial charge in [0.25, 0.3) is 0 Å². The fourth-order valence-electron chi connectivity index (χ4n) is 10.3. The van der Waals surface area contributed by atoms with Gasteiger partial charge in [-0.05, 0) is 80.2 Å². The lowest BCUT2D eigenvalue weighted by Gasteiger charge is -2.13. The molecule has 14 aromatic rings. The Morgan fingerprint density at radius 1 is 0.361 bits per heavy atom. The van der Waals surface area contributed by atoms with Crippen LogP contribution < -0.4 is 0 Å². The van der Waals surface area contributed by atoms with Crippen LogP contribution in [0.4, 0.5) is 0 Å². The van der Waals surface area contributed by atoms with Gasteiger partial charge in [0.05, 0.1) is 38.0 Å². The first-order valence-electron chi connectivity index (χ1n) is 20.8. The maximum absolute atomic E-state index is 5.70. The molecule has 4 nitrogen and oxygen atoms in total. The van der Waals surface area contributed by atoms with Gasteiger partial charge < -0.3 is 4.57 Å². The molecule has 10 aromatic carbocycles. The van der Waals surface area contributed by atoms with Crippen LogP contribution in [0.15, 0.2) is 194 Å². The molecule has 0 aliphatic rings. The summed E-state index contributed by atoms with van der Waals surface area (Å²) >= 11 is 1.77. The van der Waals surface area contributed by atoms with Gasteiger partial charge in [0, 0.05) is 48.3 Å². The predicted molar refractivity (Wildman–Crippen MR) is 259 cm³/mol. The van der Waals surface area contributed by atoms with E-state index in [2.05, 4.69) is 203 Å². The first-order valence-corrected chi connectivity index (χ1v) is 21.6. The Balaban J connectivity index is 1.14. The van der Waals surface area contributed by atoms with Crippen molar-refractivity contribution in [1.29, 1.82) is 0 Å². The second kappa shape index (κ2) is 12.3. The summed E-state index contributed by atoms with van der Waals surface area (Å²) in [6, 6.07) is 70.6. The van der Waals surface area contributed by atoms with E-state index in [1.807, 2.05) is 0 Å². The monoisotopic (exact) mass is 792 g/mol. The zero-order valence-electron chi connectivity index (χ0n) is 32.7. The van der Waals surface area contributed by atoms with Crippen LogP contribution in [0.2, 0.25) is 0 Å². The lowest BCUT2D eigenvalue weighted by Crippen LogP contribution is -2.03. The van der Waals surface area contributed by atoms with E-state index in [-0.39, 0.29) is 0 Å². The molecule has 0 N–H and O–H groups in total. The molecule has 0 radical (unpaired) electrons. The smallest absolute Gasteiger partial charge is 0.235 e. The van der Waals surface area contributed by atoms with E-state index >= 15 is 0 Å². The van der Waals surface area contributed by atoms with Crippen LogP contribution in [-0.4, -0.2) is 19.1 Å². The highest BCUT2D eigenvalue weighted by atomic mass is 32.1. The molecule has 5 heteroatoms. The topological polar surface area (TPSA) is 35.6 Å². The van der Waals surface area contributed by atoms with Gasteiger partial charge in [-0.2, -0.15) is 0 Å². The molecule has 282 valence electrons. The van der Waals surface area contributed by atoms with Crippen molar-refractivity contribution in [2.24, 2.45) is 0 Å². The molecule has 0 saturated heterocycles. The summed E-state index contributed by atoms with van der Waals surface area (Å²) in [4.78, 5) is 11.3. The van der Waals surface area contributed by atoms with E-state index < -0.39 is 0 Å². The fraction of sp³-hybridized carbons (Fsp3) is 0. The van der Waals surface area contributed by atoms with Crippen molar-refractivity contribution in [3.8, 4) is 22.9 Å². The molecule has 0 fully saturated rings. The first-order chi connectivity index (χ1) is 30.3. The molecular formula is C56H32N4S. The highest BCUT2D eigenvalue weighted by Gasteiger charge is 2.24. The maximum atomic E-state index is 5.70. The van der Waals surface area contributed by atoms with Gasteiger partial charge in [-0.1, -0.05) is 152 Å². The zero-order valence-corrected chi connectivity index (χ0v) is 33.5. The van der Waals surface area contributed by atoms with Crippen LogP contribution in [0.5, 0.6) is 0 Å². The number of hydrogen-bond acceptors (Lipinski definition) is 3. The van der Waals surface area contributed by atoms with Crippen molar-refractivity contribution in [3.05, 3.63) is 194 Å². The number of benzene rings is 10. The summed E-state index contributed by atoms with van der Waals surface area (Å²) < 4.78 is 6.99. The van der Waals surface area contributed by atoms with Crippen LogP contribution in [0.3, 0.4) is 0 Å². The van der Waals surface area contributed by atoms with Crippen LogP contribution in [0, 0.1) is 0 Å². The molecule has 0 bridgehead atoms. The molecule has 4 heterocycles. The number of rotatable bonds is 3. The predicted octanol–water partition coefficient (Wildman–Crippen LogP) is 15.3. The summed E-state index contributed by atoms with van der Waals surface area (Å²) in [6.45, 7) is 0. The van der Waals surface area contributed by atoms with Gasteiger partial charge in [0.1, 0.15) is 0 Å². The highest BCUT2D eigenvalue weighted by molar-refractivity contribution is 7.26. The van der Waals surface area contributed by atoms with Crippen LogP contribution in [0.1, 0.15) is 0 Å². The molecular weight excluding hydrogens is 761 g/mol. The van der Waals surface area contributed by atoms with Gasteiger partial charge in [-0.3, -0.25) is 4.57 Å². The lowest BCUT2D eigenvalue weighted by molar-refractivity contribution is 1.02. The van der Waals surface area contributed by atoms with E-state index in [9.17, 15) is 0 Å². The number of aromatic nitrogens is 4. The van der Waals surface area contributed by atoms with Gasteiger partial charge in [-0.15, -0.1) is 11.3 Å². The van der Waals surface area contributed by atoms with E-state index in [1.54, 1.807) is 11.3 Å². The van der Waals surface area contributed by atoms with Crippen LogP contribution >= 0.6 is 11.3 Å². The third kappa shape index (κ3) is 4.53. The van der Waals surface area contributed by atoms with Gasteiger partial charge in [-0.25, -0.2) is 9.97 Å². The average Bonchev–Trinajstić information content (AvgIpc) is 3.99. The third-order valence-electron chi connectivity index (χ3n) is 12.9. The molecule has 0 saturated carbocycles. The summed E-state index contributed by atoms with van der Waals surface area (Å²) in [5.41, 5.74) is 8.59. The number of hydrogen-bond donors (Lipinski definition) is 0. The number of thiophene rings is 1. The second-order valence-electron chi connectivity index (χ2n) is 16.1. The maximum Gasteiger partial charge on any atom is 0.235 e. The molecule has 0 atom stereocenters. The Morgan fingerprint density at radius 2 is 0.951 bits per heavy atom. The Bertz CT molecular complexity index is 4140. The zero-order chi connectivity index (χ0) is 39.8. The average molecular weight is 793 g/mol. The minimum absolute atomic E-state index is 0.662. The fourth-order valence-corrected chi connectivity index (χ4v) is 11.5. The number of nitrogens with zero attached hydrogens (tertiary/aromatic N) is 4. The minimum Gasteiger partial charge on any atom is -0.309 e. The van der Waals surface area contributed by atoms with Gasteiger partial charge >= 0.3 is 0 Å². The van der Waals surface area contributed by atoms with Crippen molar-refractivity contribution in [1.82, 2.24) is 19.1 Å². The number of fused-ring (bicyclic) bond motifs is 18. The van der Waals surface area contributed by atoms with Crippen molar-refractivity contribution in [2.75, 3.05) is 0 Å². The molecule has 0 unspecified atom stereocenters. The second-order valence-corrected chi connectivity index (χ2v) is 17.1. The van der Waals surface area contributed by atoms with Gasteiger partial charge in [0.15, 0.2) is 0 Å². The normalized spacial score (nSPS) is 12.3. The van der Waals surface area contributed by atoms with E-state index in [0.717, 1.165) is 49.1 Å².